The zero-order valence-corrected chi connectivity index (χ0v) is 13.3. The minimum absolute atomic E-state index is 0.0297. The first-order valence-corrected chi connectivity index (χ1v) is 7.40. The molecule has 1 aliphatic carbocycles. The van der Waals surface area contributed by atoms with E-state index in [4.69, 9.17) is 15.9 Å². The summed E-state index contributed by atoms with van der Waals surface area (Å²) in [5.41, 5.74) is 4.93. The molecule has 7 nitrogen and oxygen atoms in total. The Morgan fingerprint density at radius 3 is 2.82 bits per heavy atom. The van der Waals surface area contributed by atoms with Crippen molar-refractivity contribution in [2.24, 2.45) is 17.6 Å². The van der Waals surface area contributed by atoms with E-state index in [1.54, 1.807) is 13.2 Å². The van der Waals surface area contributed by atoms with Crippen LogP contribution in [0.25, 0.3) is 0 Å². The summed E-state index contributed by atoms with van der Waals surface area (Å²) in [5, 5.41) is 11.2. The molecule has 7 heteroatoms. The molecule has 1 heterocycles. The highest BCUT2D eigenvalue weighted by Crippen LogP contribution is 2.44. The molecule has 4 N–H and O–H groups in total. The average molecular weight is 308 g/mol. The van der Waals surface area contributed by atoms with Gasteiger partial charge in [0.1, 0.15) is 0 Å². The van der Waals surface area contributed by atoms with Crippen molar-refractivity contribution in [2.75, 3.05) is 13.7 Å². The molecule has 0 aromatic carbocycles. The number of guanidine groups is 1. The van der Waals surface area contributed by atoms with Crippen LogP contribution in [0.15, 0.2) is 12.2 Å². The van der Waals surface area contributed by atoms with Gasteiger partial charge in [0.05, 0.1) is 12.6 Å². The molecule has 1 unspecified atom stereocenters. The lowest BCUT2D eigenvalue weighted by Gasteiger charge is -2.41. The molecule has 0 aromatic heterocycles. The van der Waals surface area contributed by atoms with E-state index in [0.29, 0.717) is 19.4 Å². The largest absolute Gasteiger partial charge is 0.381 e. The third-order valence-electron chi connectivity index (χ3n) is 4.10. The maximum Gasteiger partial charge on any atom is 0.232 e. The van der Waals surface area contributed by atoms with Crippen LogP contribution in [0.1, 0.15) is 26.7 Å². The lowest BCUT2D eigenvalue weighted by molar-refractivity contribution is -0.132. The molecule has 0 bridgehead atoms. The quantitative estimate of drug-likeness (QED) is 0.610. The van der Waals surface area contributed by atoms with Crippen LogP contribution >= 0.6 is 0 Å². The summed E-state index contributed by atoms with van der Waals surface area (Å²) in [6.07, 6.45) is 4.60. The number of carbonyl (C=O) groups is 2. The number of hydrogen-bond donors (Lipinski definition) is 3. The van der Waals surface area contributed by atoms with Gasteiger partial charge in [-0.05, 0) is 26.2 Å². The van der Waals surface area contributed by atoms with Crippen molar-refractivity contribution < 1.29 is 14.3 Å². The van der Waals surface area contributed by atoms with Gasteiger partial charge >= 0.3 is 0 Å². The highest BCUT2D eigenvalue weighted by Gasteiger charge is 2.51. The Morgan fingerprint density at radius 1 is 1.64 bits per heavy atom. The van der Waals surface area contributed by atoms with Gasteiger partial charge in [0, 0.05) is 25.0 Å². The van der Waals surface area contributed by atoms with Gasteiger partial charge < -0.3 is 15.8 Å². The van der Waals surface area contributed by atoms with Crippen LogP contribution < -0.4 is 11.1 Å². The van der Waals surface area contributed by atoms with E-state index in [1.807, 2.05) is 19.9 Å². The Labute approximate surface area is 130 Å². The molecule has 122 valence electrons. The van der Waals surface area contributed by atoms with E-state index in [2.05, 4.69) is 5.32 Å². The number of rotatable bonds is 6. The van der Waals surface area contributed by atoms with Crippen molar-refractivity contribution in [3.05, 3.63) is 12.2 Å². The zero-order chi connectivity index (χ0) is 16.5. The molecular weight excluding hydrogens is 284 g/mol. The maximum atomic E-state index is 12.5. The molecule has 2 aliphatic rings. The van der Waals surface area contributed by atoms with Gasteiger partial charge in [-0.3, -0.25) is 19.9 Å². The summed E-state index contributed by atoms with van der Waals surface area (Å²) in [6, 6.07) is -0.337. The summed E-state index contributed by atoms with van der Waals surface area (Å²) in [4.78, 5) is 25.3. The Morgan fingerprint density at radius 2 is 2.32 bits per heavy atom. The second-order valence-electron chi connectivity index (χ2n) is 6.58. The predicted octanol–water partition coefficient (Wildman–Crippen LogP) is 0.214. The number of nitrogens with zero attached hydrogens (tertiary/aromatic N) is 1. The minimum Gasteiger partial charge on any atom is -0.381 e. The fourth-order valence-electron chi connectivity index (χ4n) is 2.96. The lowest BCUT2D eigenvalue weighted by Crippen LogP contribution is -2.62. The molecule has 2 fully saturated rings. The Bertz CT molecular complexity index is 495. The Kier molecular flexibility index (Phi) is 4.55. The van der Waals surface area contributed by atoms with Gasteiger partial charge in [0.2, 0.25) is 11.8 Å². The molecule has 2 amide bonds. The summed E-state index contributed by atoms with van der Waals surface area (Å²) >= 11 is 0. The van der Waals surface area contributed by atoms with Gasteiger partial charge in [-0.25, -0.2) is 0 Å². The van der Waals surface area contributed by atoms with Crippen LogP contribution in [0, 0.1) is 17.2 Å². The van der Waals surface area contributed by atoms with E-state index in [1.165, 1.54) is 4.90 Å². The maximum absolute atomic E-state index is 12.5. The molecule has 0 spiro atoms. The fraction of sp³-hybridized carbons (Fsp3) is 0.667. The van der Waals surface area contributed by atoms with Crippen LogP contribution in [-0.4, -0.2) is 48.0 Å². The average Bonchev–Trinajstić information content (AvgIpc) is 3.14. The molecule has 1 aliphatic heterocycles. The van der Waals surface area contributed by atoms with Crippen molar-refractivity contribution in [2.45, 2.75) is 38.3 Å². The van der Waals surface area contributed by atoms with Crippen LogP contribution in [0.2, 0.25) is 0 Å². The monoisotopic (exact) mass is 308 g/mol. The normalized spacial score (nSPS) is 28.6. The summed E-state index contributed by atoms with van der Waals surface area (Å²) in [7, 11) is 1.58. The molecule has 22 heavy (non-hydrogen) atoms. The van der Waals surface area contributed by atoms with Crippen LogP contribution in [0.5, 0.6) is 0 Å². The van der Waals surface area contributed by atoms with Crippen LogP contribution in [0.4, 0.5) is 0 Å². The number of hydrogen-bond acceptors (Lipinski definition) is 4. The number of carbonyl (C=O) groups excluding carboxylic acids is 2. The number of nitrogens with two attached hydrogens (primary N) is 1. The van der Waals surface area contributed by atoms with E-state index in [9.17, 15) is 9.59 Å². The third kappa shape index (κ3) is 3.47. The Balaban J connectivity index is 2.20. The lowest BCUT2D eigenvalue weighted by atomic mass is 9.95. The van der Waals surface area contributed by atoms with Crippen LogP contribution in [0.3, 0.4) is 0 Å². The SMILES string of the molecule is COC/C=C/[C@@H](C1C[C@H]1C(N)=O)N1C(=N)NC(C)(C)CC1=O. The summed E-state index contributed by atoms with van der Waals surface area (Å²) < 4.78 is 4.99. The molecule has 2 rings (SSSR count). The van der Waals surface area contributed by atoms with E-state index in [-0.39, 0.29) is 35.7 Å². The predicted molar refractivity (Wildman–Crippen MR) is 82.0 cm³/mol. The zero-order valence-electron chi connectivity index (χ0n) is 13.3. The van der Waals surface area contributed by atoms with Crippen molar-refractivity contribution in [1.82, 2.24) is 10.2 Å². The number of amides is 2. The smallest absolute Gasteiger partial charge is 0.232 e. The number of nitrogens with one attached hydrogen (secondary N) is 2. The highest BCUT2D eigenvalue weighted by atomic mass is 16.5. The highest BCUT2D eigenvalue weighted by molar-refractivity contribution is 5.99. The van der Waals surface area contributed by atoms with E-state index in [0.717, 1.165) is 0 Å². The molecular formula is C15H24N4O3. The van der Waals surface area contributed by atoms with Crippen LogP contribution in [-0.2, 0) is 14.3 Å². The first-order chi connectivity index (χ1) is 10.3. The molecule has 3 atom stereocenters. The van der Waals surface area contributed by atoms with Gasteiger partial charge in [-0.15, -0.1) is 0 Å². The van der Waals surface area contributed by atoms with Gasteiger partial charge in [-0.1, -0.05) is 12.2 Å². The molecule has 1 saturated heterocycles. The van der Waals surface area contributed by atoms with E-state index >= 15 is 0 Å². The molecule has 0 radical (unpaired) electrons. The second-order valence-corrected chi connectivity index (χ2v) is 6.58. The van der Waals surface area contributed by atoms with E-state index < -0.39 is 5.54 Å². The minimum atomic E-state index is -0.432. The first kappa shape index (κ1) is 16.5. The first-order valence-electron chi connectivity index (χ1n) is 7.40. The topological polar surface area (TPSA) is 109 Å². The standard InChI is InChI=1S/C15H24N4O3/c1-15(2)8-12(20)19(14(17)18-15)11(5-4-6-22-3)9-7-10(9)13(16)21/h4-5,9-11H,6-8H2,1-3H3,(H2,16,21)(H2,17,18)/b5-4+/t9?,10-,11+/m1/s1. The van der Waals surface area contributed by atoms with Gasteiger partial charge in [-0.2, -0.15) is 0 Å². The number of primary amides is 1. The Hall–Kier alpha value is -1.89. The van der Waals surface area contributed by atoms with Gasteiger partial charge in [0.15, 0.2) is 5.96 Å². The fourth-order valence-corrected chi connectivity index (χ4v) is 2.96. The van der Waals surface area contributed by atoms with Gasteiger partial charge in [0.25, 0.3) is 0 Å². The second kappa shape index (κ2) is 6.08. The third-order valence-corrected chi connectivity index (χ3v) is 4.10. The van der Waals surface area contributed by atoms with Crippen molar-refractivity contribution in [1.29, 1.82) is 5.41 Å². The van der Waals surface area contributed by atoms with Crippen molar-refractivity contribution >= 4 is 17.8 Å². The van der Waals surface area contributed by atoms with Crippen molar-refractivity contribution in [3.63, 3.8) is 0 Å². The summed E-state index contributed by atoms with van der Waals surface area (Å²) in [5.74, 6) is -0.649. The molecule has 0 aromatic rings. The number of methoxy groups -OCH3 is 1. The van der Waals surface area contributed by atoms with Crippen molar-refractivity contribution in [3.8, 4) is 0 Å². The number of ether oxygens (including phenoxy) is 1. The molecule has 1 saturated carbocycles. The summed E-state index contributed by atoms with van der Waals surface area (Å²) in [6.45, 7) is 4.19.